The number of anilines is 1. The summed E-state index contributed by atoms with van der Waals surface area (Å²) in [5.41, 5.74) is 3.33. The van der Waals surface area contributed by atoms with Gasteiger partial charge in [-0.2, -0.15) is 0 Å². The van der Waals surface area contributed by atoms with Gasteiger partial charge >= 0.3 is 0 Å². The molecule has 2 aromatic rings. The molecular formula is C18H20N2OS. The Kier molecular flexibility index (Phi) is 5.03. The molecule has 0 aliphatic carbocycles. The van der Waals surface area contributed by atoms with Crippen LogP contribution in [0.5, 0.6) is 0 Å². The fourth-order valence-electron chi connectivity index (χ4n) is 2.64. The van der Waals surface area contributed by atoms with Crippen molar-refractivity contribution in [2.75, 3.05) is 18.5 Å². The number of hydrogen-bond donors (Lipinski definition) is 2. The van der Waals surface area contributed by atoms with Gasteiger partial charge in [-0.15, -0.1) is 0 Å². The number of para-hydroxylation sites is 1. The SMILES string of the molecule is S=C(NC[C@@H]1CCCO1)Nc1ccccc1-c1ccccc1. The lowest BCUT2D eigenvalue weighted by atomic mass is 10.0. The van der Waals surface area contributed by atoms with Crippen molar-refractivity contribution in [3.05, 3.63) is 54.6 Å². The fourth-order valence-corrected chi connectivity index (χ4v) is 2.83. The van der Waals surface area contributed by atoms with Crippen LogP contribution in [0.4, 0.5) is 5.69 Å². The summed E-state index contributed by atoms with van der Waals surface area (Å²) < 4.78 is 5.60. The van der Waals surface area contributed by atoms with Crippen molar-refractivity contribution in [1.82, 2.24) is 5.32 Å². The minimum atomic E-state index is 0.282. The third-order valence-corrected chi connectivity index (χ3v) is 4.02. The number of rotatable bonds is 4. The average molecular weight is 312 g/mol. The molecular weight excluding hydrogens is 292 g/mol. The van der Waals surface area contributed by atoms with Crippen LogP contribution in [0, 0.1) is 0 Å². The molecule has 1 atom stereocenters. The van der Waals surface area contributed by atoms with Gasteiger partial charge in [0, 0.05) is 24.4 Å². The first-order valence-electron chi connectivity index (χ1n) is 7.64. The average Bonchev–Trinajstić information content (AvgIpc) is 3.08. The van der Waals surface area contributed by atoms with Crippen LogP contribution in [-0.4, -0.2) is 24.4 Å². The molecule has 0 unspecified atom stereocenters. The topological polar surface area (TPSA) is 33.3 Å². The number of nitrogens with one attached hydrogen (secondary N) is 2. The number of thiocarbonyl (C=S) groups is 1. The summed E-state index contributed by atoms with van der Waals surface area (Å²) in [4.78, 5) is 0. The van der Waals surface area contributed by atoms with Crippen molar-refractivity contribution in [3.63, 3.8) is 0 Å². The lowest BCUT2D eigenvalue weighted by molar-refractivity contribution is 0.114. The van der Waals surface area contributed by atoms with Crippen molar-refractivity contribution in [1.29, 1.82) is 0 Å². The van der Waals surface area contributed by atoms with Crippen LogP contribution in [0.1, 0.15) is 12.8 Å². The predicted octanol–water partition coefficient (Wildman–Crippen LogP) is 3.82. The fraction of sp³-hybridized carbons (Fsp3) is 0.278. The molecule has 0 saturated carbocycles. The maximum Gasteiger partial charge on any atom is 0.170 e. The maximum atomic E-state index is 5.60. The maximum absolute atomic E-state index is 5.60. The number of hydrogen-bond acceptors (Lipinski definition) is 2. The van der Waals surface area contributed by atoms with Gasteiger partial charge in [0.1, 0.15) is 0 Å². The van der Waals surface area contributed by atoms with E-state index in [9.17, 15) is 0 Å². The van der Waals surface area contributed by atoms with Crippen molar-refractivity contribution in [2.24, 2.45) is 0 Å². The molecule has 1 fully saturated rings. The van der Waals surface area contributed by atoms with Crippen LogP contribution in [0.25, 0.3) is 11.1 Å². The van der Waals surface area contributed by atoms with Crippen LogP contribution in [0.3, 0.4) is 0 Å². The van der Waals surface area contributed by atoms with Crippen molar-refractivity contribution >= 4 is 23.0 Å². The van der Waals surface area contributed by atoms with E-state index < -0.39 is 0 Å². The Morgan fingerprint density at radius 2 is 1.86 bits per heavy atom. The molecule has 2 aromatic carbocycles. The minimum Gasteiger partial charge on any atom is -0.376 e. The first kappa shape index (κ1) is 15.0. The molecule has 1 aliphatic heterocycles. The van der Waals surface area contributed by atoms with Gasteiger partial charge in [0.15, 0.2) is 5.11 Å². The molecule has 0 spiro atoms. The predicted molar refractivity (Wildman–Crippen MR) is 95.1 cm³/mol. The van der Waals surface area contributed by atoms with E-state index in [-0.39, 0.29) is 6.10 Å². The van der Waals surface area contributed by atoms with Gasteiger partial charge in [-0.3, -0.25) is 0 Å². The van der Waals surface area contributed by atoms with Crippen LogP contribution in [0.2, 0.25) is 0 Å². The van der Waals surface area contributed by atoms with E-state index in [0.29, 0.717) is 5.11 Å². The van der Waals surface area contributed by atoms with Gasteiger partial charge in [-0.25, -0.2) is 0 Å². The Morgan fingerprint density at radius 1 is 1.09 bits per heavy atom. The van der Waals surface area contributed by atoms with Gasteiger partial charge in [-0.1, -0.05) is 48.5 Å². The number of ether oxygens (including phenoxy) is 1. The monoisotopic (exact) mass is 312 g/mol. The Morgan fingerprint density at radius 3 is 2.64 bits per heavy atom. The van der Waals surface area contributed by atoms with Crippen LogP contribution < -0.4 is 10.6 Å². The molecule has 0 radical (unpaired) electrons. The van der Waals surface area contributed by atoms with E-state index in [1.807, 2.05) is 36.4 Å². The first-order valence-corrected chi connectivity index (χ1v) is 8.04. The van der Waals surface area contributed by atoms with Crippen molar-refractivity contribution in [2.45, 2.75) is 18.9 Å². The van der Waals surface area contributed by atoms with Crippen molar-refractivity contribution in [3.8, 4) is 11.1 Å². The summed E-state index contributed by atoms with van der Waals surface area (Å²) in [5.74, 6) is 0. The third-order valence-electron chi connectivity index (χ3n) is 3.77. The summed E-state index contributed by atoms with van der Waals surface area (Å²) in [6.07, 6.45) is 2.53. The van der Waals surface area contributed by atoms with E-state index in [1.54, 1.807) is 0 Å². The van der Waals surface area contributed by atoms with Gasteiger partial charge in [0.05, 0.1) is 6.10 Å². The molecule has 2 N–H and O–H groups in total. The molecule has 0 bridgehead atoms. The Bertz CT molecular complexity index is 624. The minimum absolute atomic E-state index is 0.282. The second kappa shape index (κ2) is 7.38. The zero-order valence-corrected chi connectivity index (χ0v) is 13.2. The van der Waals surface area contributed by atoms with Crippen LogP contribution in [0.15, 0.2) is 54.6 Å². The molecule has 4 heteroatoms. The van der Waals surface area contributed by atoms with Gasteiger partial charge in [-0.05, 0) is 36.7 Å². The molecule has 3 rings (SSSR count). The summed E-state index contributed by atoms with van der Waals surface area (Å²) in [7, 11) is 0. The molecule has 1 aliphatic rings. The second-order valence-electron chi connectivity index (χ2n) is 5.38. The highest BCUT2D eigenvalue weighted by Crippen LogP contribution is 2.27. The van der Waals surface area contributed by atoms with E-state index >= 15 is 0 Å². The van der Waals surface area contributed by atoms with E-state index in [2.05, 4.69) is 28.8 Å². The van der Waals surface area contributed by atoms with E-state index in [0.717, 1.165) is 37.2 Å². The highest BCUT2D eigenvalue weighted by molar-refractivity contribution is 7.80. The standard InChI is InChI=1S/C18H20N2OS/c22-18(19-13-15-9-6-12-21-15)20-17-11-5-4-10-16(17)14-7-2-1-3-8-14/h1-5,7-8,10-11,15H,6,9,12-13H2,(H2,19,20,22)/t15-/m0/s1. The molecule has 0 aromatic heterocycles. The Balaban J connectivity index is 1.66. The molecule has 0 amide bonds. The van der Waals surface area contributed by atoms with Gasteiger partial charge in [0.25, 0.3) is 0 Å². The zero-order chi connectivity index (χ0) is 15.2. The van der Waals surface area contributed by atoms with Crippen LogP contribution >= 0.6 is 12.2 Å². The second-order valence-corrected chi connectivity index (χ2v) is 5.79. The number of benzene rings is 2. The highest BCUT2D eigenvalue weighted by atomic mass is 32.1. The van der Waals surface area contributed by atoms with Gasteiger partial charge in [0.2, 0.25) is 0 Å². The summed E-state index contributed by atoms with van der Waals surface area (Å²) in [6.45, 7) is 1.63. The third kappa shape index (κ3) is 3.84. The molecule has 1 saturated heterocycles. The molecule has 22 heavy (non-hydrogen) atoms. The Hall–Kier alpha value is -1.91. The molecule has 1 heterocycles. The summed E-state index contributed by atoms with van der Waals surface area (Å²) in [6, 6.07) is 18.5. The Labute approximate surface area is 136 Å². The highest BCUT2D eigenvalue weighted by Gasteiger charge is 2.15. The van der Waals surface area contributed by atoms with E-state index in [4.69, 9.17) is 17.0 Å². The smallest absolute Gasteiger partial charge is 0.170 e. The lowest BCUT2D eigenvalue weighted by Gasteiger charge is -2.16. The van der Waals surface area contributed by atoms with E-state index in [1.165, 1.54) is 5.56 Å². The summed E-state index contributed by atoms with van der Waals surface area (Å²) in [5, 5.41) is 7.18. The largest absolute Gasteiger partial charge is 0.376 e. The van der Waals surface area contributed by atoms with Crippen LogP contribution in [-0.2, 0) is 4.74 Å². The first-order chi connectivity index (χ1) is 10.8. The van der Waals surface area contributed by atoms with Crippen molar-refractivity contribution < 1.29 is 4.74 Å². The molecule has 3 nitrogen and oxygen atoms in total. The normalized spacial score (nSPS) is 17.2. The molecule has 114 valence electrons. The summed E-state index contributed by atoms with van der Waals surface area (Å²) >= 11 is 5.40. The quantitative estimate of drug-likeness (QED) is 0.841. The lowest BCUT2D eigenvalue weighted by Crippen LogP contribution is -2.34. The zero-order valence-electron chi connectivity index (χ0n) is 12.4. The van der Waals surface area contributed by atoms with Gasteiger partial charge < -0.3 is 15.4 Å².